The highest BCUT2D eigenvalue weighted by molar-refractivity contribution is 5.95. The first-order valence-corrected chi connectivity index (χ1v) is 7.38. The lowest BCUT2D eigenvalue weighted by molar-refractivity contribution is -0.119. The number of rotatable bonds is 5. The highest BCUT2D eigenvalue weighted by Gasteiger charge is 2.11. The van der Waals surface area contributed by atoms with Gasteiger partial charge in [0.2, 0.25) is 0 Å². The zero-order chi connectivity index (χ0) is 17.6. The summed E-state index contributed by atoms with van der Waals surface area (Å²) in [5, 5.41) is 15.2. The van der Waals surface area contributed by atoms with Gasteiger partial charge in [0.25, 0.3) is 5.91 Å². The summed E-state index contributed by atoms with van der Waals surface area (Å²) in [4.78, 5) is 23.6. The van der Waals surface area contributed by atoms with E-state index in [-0.39, 0.29) is 11.6 Å². The summed E-state index contributed by atoms with van der Waals surface area (Å²) >= 11 is 0. The highest BCUT2D eigenvalue weighted by Crippen LogP contribution is 2.22. The van der Waals surface area contributed by atoms with Crippen LogP contribution in [0.2, 0.25) is 0 Å². The van der Waals surface area contributed by atoms with E-state index in [0.29, 0.717) is 5.56 Å². The molecule has 7 heteroatoms. The first-order chi connectivity index (χ1) is 12.1. The Labute approximate surface area is 142 Å². The van der Waals surface area contributed by atoms with E-state index in [1.54, 1.807) is 48.5 Å². The smallest absolute Gasteiger partial charge is 0.338 e. The van der Waals surface area contributed by atoms with Gasteiger partial charge in [-0.25, -0.2) is 4.79 Å². The van der Waals surface area contributed by atoms with Gasteiger partial charge >= 0.3 is 5.97 Å². The maximum absolute atomic E-state index is 12.0. The van der Waals surface area contributed by atoms with Crippen LogP contribution in [0.4, 0.5) is 5.82 Å². The number of anilines is 1. The molecule has 25 heavy (non-hydrogen) atoms. The summed E-state index contributed by atoms with van der Waals surface area (Å²) in [7, 11) is 0. The molecule has 3 rings (SSSR count). The van der Waals surface area contributed by atoms with E-state index in [1.807, 2.05) is 0 Å². The number of hydrogen-bond acceptors (Lipinski definition) is 6. The zero-order valence-corrected chi connectivity index (χ0v) is 13.0. The van der Waals surface area contributed by atoms with E-state index in [9.17, 15) is 14.7 Å². The monoisotopic (exact) mass is 338 g/mol. The third kappa shape index (κ3) is 4.23. The molecule has 2 N–H and O–H groups in total. The Kier molecular flexibility index (Phi) is 4.75. The fourth-order valence-corrected chi connectivity index (χ4v) is 2.12. The maximum Gasteiger partial charge on any atom is 0.338 e. The second-order valence-electron chi connectivity index (χ2n) is 5.13. The molecule has 1 aromatic heterocycles. The molecule has 7 nitrogen and oxygen atoms in total. The van der Waals surface area contributed by atoms with Crippen molar-refractivity contribution in [2.24, 2.45) is 0 Å². The van der Waals surface area contributed by atoms with Crippen molar-refractivity contribution in [1.29, 1.82) is 0 Å². The van der Waals surface area contributed by atoms with E-state index in [4.69, 9.17) is 4.74 Å². The van der Waals surface area contributed by atoms with Crippen molar-refractivity contribution in [1.82, 2.24) is 5.16 Å². The number of ether oxygens (including phenoxy) is 1. The molecule has 1 heterocycles. The van der Waals surface area contributed by atoms with Crippen LogP contribution in [0.5, 0.6) is 5.75 Å². The molecule has 0 saturated heterocycles. The molecule has 0 spiro atoms. The van der Waals surface area contributed by atoms with Crippen molar-refractivity contribution in [3.8, 4) is 16.9 Å². The standard InChI is InChI=1S/C18H14N2O5/c21-15-7-5-13(6-8-15)12-1-3-14(4-2-12)18(23)24-11-17(22)19-16-9-10-25-20-16/h1-10,21H,11H2,(H,19,20,22). The number of nitrogens with one attached hydrogen (secondary N) is 1. The number of phenols is 1. The Hall–Kier alpha value is -3.61. The normalized spacial score (nSPS) is 10.2. The summed E-state index contributed by atoms with van der Waals surface area (Å²) in [6, 6.07) is 14.9. The molecular weight excluding hydrogens is 324 g/mol. The Balaban J connectivity index is 1.57. The SMILES string of the molecule is O=C(COC(=O)c1ccc(-c2ccc(O)cc2)cc1)Nc1ccon1. The number of benzene rings is 2. The van der Waals surface area contributed by atoms with Gasteiger partial charge in [0, 0.05) is 6.07 Å². The second kappa shape index (κ2) is 7.31. The number of esters is 1. The van der Waals surface area contributed by atoms with Gasteiger partial charge in [0.15, 0.2) is 12.4 Å². The fraction of sp³-hybridized carbons (Fsp3) is 0.0556. The van der Waals surface area contributed by atoms with Crippen molar-refractivity contribution < 1.29 is 24.0 Å². The van der Waals surface area contributed by atoms with Gasteiger partial charge < -0.3 is 19.7 Å². The van der Waals surface area contributed by atoms with Gasteiger partial charge in [-0.2, -0.15) is 0 Å². The van der Waals surface area contributed by atoms with Crippen LogP contribution < -0.4 is 5.32 Å². The summed E-state index contributed by atoms with van der Waals surface area (Å²) in [6.07, 6.45) is 1.32. The average molecular weight is 338 g/mol. The number of aromatic nitrogens is 1. The molecule has 0 aliphatic carbocycles. The molecule has 0 atom stereocenters. The zero-order valence-electron chi connectivity index (χ0n) is 13.0. The van der Waals surface area contributed by atoms with Gasteiger partial charge in [0.1, 0.15) is 12.0 Å². The van der Waals surface area contributed by atoms with Crippen molar-refractivity contribution in [2.75, 3.05) is 11.9 Å². The van der Waals surface area contributed by atoms with Crippen molar-refractivity contribution in [3.05, 3.63) is 66.4 Å². The van der Waals surface area contributed by atoms with Gasteiger partial charge in [0.05, 0.1) is 5.56 Å². The molecule has 126 valence electrons. The Morgan fingerprint density at radius 2 is 1.64 bits per heavy atom. The van der Waals surface area contributed by atoms with E-state index >= 15 is 0 Å². The van der Waals surface area contributed by atoms with Gasteiger partial charge in [-0.05, 0) is 35.4 Å². The number of hydrogen-bond donors (Lipinski definition) is 2. The summed E-state index contributed by atoms with van der Waals surface area (Å²) in [5.41, 5.74) is 2.13. The van der Waals surface area contributed by atoms with E-state index < -0.39 is 18.5 Å². The fourth-order valence-electron chi connectivity index (χ4n) is 2.12. The minimum absolute atomic E-state index is 0.188. The van der Waals surface area contributed by atoms with Crippen molar-refractivity contribution in [2.45, 2.75) is 0 Å². The Bertz CT molecular complexity index is 855. The van der Waals surface area contributed by atoms with Crippen LogP contribution >= 0.6 is 0 Å². The van der Waals surface area contributed by atoms with Crippen LogP contribution in [0.1, 0.15) is 10.4 Å². The van der Waals surface area contributed by atoms with Crippen LogP contribution in [0, 0.1) is 0 Å². The molecule has 0 fully saturated rings. The molecule has 0 bridgehead atoms. The largest absolute Gasteiger partial charge is 0.508 e. The van der Waals surface area contributed by atoms with Crippen LogP contribution in [0.15, 0.2) is 65.4 Å². The number of amides is 1. The highest BCUT2D eigenvalue weighted by atomic mass is 16.5. The second-order valence-corrected chi connectivity index (χ2v) is 5.13. The Morgan fingerprint density at radius 3 is 2.24 bits per heavy atom. The number of carbonyl (C=O) groups is 2. The van der Waals surface area contributed by atoms with Gasteiger partial charge in [-0.1, -0.05) is 29.4 Å². The maximum atomic E-state index is 12.0. The molecular formula is C18H14N2O5. The predicted molar refractivity (Wildman–Crippen MR) is 89.0 cm³/mol. The summed E-state index contributed by atoms with van der Waals surface area (Å²) in [6.45, 7) is -0.425. The van der Waals surface area contributed by atoms with Gasteiger partial charge in [-0.15, -0.1) is 0 Å². The lowest BCUT2D eigenvalue weighted by atomic mass is 10.0. The first kappa shape index (κ1) is 16.3. The van der Waals surface area contributed by atoms with Crippen molar-refractivity contribution in [3.63, 3.8) is 0 Å². The molecule has 0 aliphatic heterocycles. The molecule has 2 aromatic carbocycles. The number of aromatic hydroxyl groups is 1. The first-order valence-electron chi connectivity index (χ1n) is 7.38. The van der Waals surface area contributed by atoms with Crippen LogP contribution in [-0.2, 0) is 9.53 Å². The van der Waals surface area contributed by atoms with Crippen LogP contribution in [-0.4, -0.2) is 28.7 Å². The topological polar surface area (TPSA) is 102 Å². The molecule has 0 unspecified atom stereocenters. The lowest BCUT2D eigenvalue weighted by Gasteiger charge is -2.06. The third-order valence-corrected chi connectivity index (χ3v) is 3.36. The minimum atomic E-state index is -0.604. The molecule has 1 amide bonds. The summed E-state index contributed by atoms with van der Waals surface area (Å²) in [5.74, 6) is -0.678. The lowest BCUT2D eigenvalue weighted by Crippen LogP contribution is -2.21. The number of nitrogens with zero attached hydrogens (tertiary/aromatic N) is 1. The van der Waals surface area contributed by atoms with E-state index in [2.05, 4.69) is 15.0 Å². The third-order valence-electron chi connectivity index (χ3n) is 3.36. The van der Waals surface area contributed by atoms with Crippen LogP contribution in [0.25, 0.3) is 11.1 Å². The molecule has 0 radical (unpaired) electrons. The van der Waals surface area contributed by atoms with Crippen molar-refractivity contribution >= 4 is 17.7 Å². The molecule has 0 aliphatic rings. The average Bonchev–Trinajstić information content (AvgIpc) is 3.13. The van der Waals surface area contributed by atoms with E-state index in [1.165, 1.54) is 12.3 Å². The Morgan fingerprint density at radius 1 is 1.00 bits per heavy atom. The van der Waals surface area contributed by atoms with Gasteiger partial charge in [-0.3, -0.25) is 4.79 Å². The number of phenolic OH excluding ortho intramolecular Hbond substituents is 1. The quantitative estimate of drug-likeness (QED) is 0.694. The predicted octanol–water partition coefficient (Wildman–Crippen LogP) is 2.84. The molecule has 3 aromatic rings. The van der Waals surface area contributed by atoms with Crippen LogP contribution in [0.3, 0.4) is 0 Å². The summed E-state index contributed by atoms with van der Waals surface area (Å²) < 4.78 is 9.54. The molecule has 0 saturated carbocycles. The number of carbonyl (C=O) groups excluding carboxylic acids is 2. The minimum Gasteiger partial charge on any atom is -0.508 e. The van der Waals surface area contributed by atoms with E-state index in [0.717, 1.165) is 11.1 Å².